The molecule has 11 heteroatoms. The molecular formula is C24H14F3N4O3S-. The smallest absolute Gasteiger partial charge is 0.426 e. The number of thiophene rings is 1. The van der Waals surface area contributed by atoms with E-state index in [2.05, 4.69) is 15.2 Å². The number of benzene rings is 2. The quantitative estimate of drug-likeness (QED) is 0.337. The molecule has 5 aromatic rings. The Kier molecular flexibility index (Phi) is 5.69. The Morgan fingerprint density at radius 2 is 1.77 bits per heavy atom. The van der Waals surface area contributed by atoms with Gasteiger partial charge in [0.05, 0.1) is 17.4 Å². The van der Waals surface area contributed by atoms with Crippen molar-refractivity contribution in [3.05, 3.63) is 89.1 Å². The lowest BCUT2D eigenvalue weighted by Gasteiger charge is -2.07. The standard InChI is InChI=1S/C24H15F3N4O3S/c25-24(26,27)20-17(15-4-2-1-3-5-15)12-19(35-20)22-28-21(30-34-22)16-8-6-14(7-9-16)13-31-11-10-18(29-31)23(32)33/h1-12H,13H2,(H,32,33)/p-1. The van der Waals surface area contributed by atoms with E-state index in [0.29, 0.717) is 29.0 Å². The van der Waals surface area contributed by atoms with E-state index in [9.17, 15) is 23.1 Å². The number of aromatic nitrogens is 4. The lowest BCUT2D eigenvalue weighted by Crippen LogP contribution is -2.23. The van der Waals surface area contributed by atoms with Crippen molar-refractivity contribution in [2.45, 2.75) is 12.7 Å². The second-order valence-corrected chi connectivity index (χ2v) is 8.58. The van der Waals surface area contributed by atoms with Crippen LogP contribution in [0, 0.1) is 0 Å². The van der Waals surface area contributed by atoms with Crippen molar-refractivity contribution in [1.29, 1.82) is 0 Å². The molecule has 5 rings (SSSR count). The van der Waals surface area contributed by atoms with Gasteiger partial charge in [0.15, 0.2) is 0 Å². The molecule has 0 amide bonds. The lowest BCUT2D eigenvalue weighted by atomic mass is 10.1. The van der Waals surface area contributed by atoms with Crippen LogP contribution < -0.4 is 5.11 Å². The van der Waals surface area contributed by atoms with Gasteiger partial charge in [0.25, 0.3) is 5.89 Å². The molecule has 7 nitrogen and oxygen atoms in total. The van der Waals surface area contributed by atoms with Crippen molar-refractivity contribution in [2.24, 2.45) is 0 Å². The maximum absolute atomic E-state index is 13.7. The van der Waals surface area contributed by atoms with Crippen molar-refractivity contribution >= 4 is 17.3 Å². The van der Waals surface area contributed by atoms with Crippen LogP contribution in [0.5, 0.6) is 0 Å². The van der Waals surface area contributed by atoms with E-state index in [1.165, 1.54) is 23.0 Å². The second kappa shape index (κ2) is 8.84. The maximum Gasteiger partial charge on any atom is 0.426 e. The first-order valence-electron chi connectivity index (χ1n) is 10.2. The van der Waals surface area contributed by atoms with Crippen molar-refractivity contribution in [3.8, 4) is 33.3 Å². The second-order valence-electron chi connectivity index (χ2n) is 7.52. The molecule has 0 bridgehead atoms. The highest BCUT2D eigenvalue weighted by molar-refractivity contribution is 7.16. The third-order valence-corrected chi connectivity index (χ3v) is 6.29. The van der Waals surface area contributed by atoms with Gasteiger partial charge in [-0.2, -0.15) is 23.3 Å². The van der Waals surface area contributed by atoms with E-state index in [1.54, 1.807) is 54.6 Å². The highest BCUT2D eigenvalue weighted by Gasteiger charge is 2.37. The van der Waals surface area contributed by atoms with Gasteiger partial charge in [-0.05, 0) is 23.3 Å². The number of hydrogen-bond acceptors (Lipinski definition) is 7. The largest absolute Gasteiger partial charge is 0.543 e. The topological polar surface area (TPSA) is 96.9 Å². The molecule has 0 saturated carbocycles. The Balaban J connectivity index is 1.39. The van der Waals surface area contributed by atoms with Gasteiger partial charge in [0.2, 0.25) is 5.82 Å². The molecule has 35 heavy (non-hydrogen) atoms. The van der Waals surface area contributed by atoms with Crippen LogP contribution in [0.2, 0.25) is 0 Å². The summed E-state index contributed by atoms with van der Waals surface area (Å²) in [6, 6.07) is 18.1. The summed E-state index contributed by atoms with van der Waals surface area (Å²) in [5, 5.41) is 18.7. The van der Waals surface area contributed by atoms with E-state index in [4.69, 9.17) is 4.52 Å². The van der Waals surface area contributed by atoms with Crippen LogP contribution in [0.3, 0.4) is 0 Å². The summed E-state index contributed by atoms with van der Waals surface area (Å²) in [6.45, 7) is 0.336. The minimum absolute atomic E-state index is 0.00638. The van der Waals surface area contributed by atoms with E-state index in [-0.39, 0.29) is 27.8 Å². The summed E-state index contributed by atoms with van der Waals surface area (Å²) in [4.78, 5) is 14.6. The van der Waals surface area contributed by atoms with Crippen molar-refractivity contribution in [1.82, 2.24) is 19.9 Å². The number of carboxylic acids is 1. The van der Waals surface area contributed by atoms with Gasteiger partial charge in [-0.1, -0.05) is 59.8 Å². The first-order valence-corrected chi connectivity index (χ1v) is 11.0. The third kappa shape index (κ3) is 4.71. The summed E-state index contributed by atoms with van der Waals surface area (Å²) in [5.41, 5.74) is 1.80. The highest BCUT2D eigenvalue weighted by atomic mass is 32.1. The molecule has 0 radical (unpaired) electrons. The summed E-state index contributed by atoms with van der Waals surface area (Å²) in [5.74, 6) is -1.13. The number of halogens is 3. The minimum Gasteiger partial charge on any atom is -0.543 e. The number of aromatic carboxylic acids is 1. The molecule has 0 aliphatic rings. The molecule has 2 aromatic carbocycles. The average molecular weight is 495 g/mol. The molecule has 0 aliphatic carbocycles. The first kappa shape index (κ1) is 22.5. The molecule has 0 spiro atoms. The molecule has 3 heterocycles. The number of alkyl halides is 3. The van der Waals surface area contributed by atoms with Gasteiger partial charge < -0.3 is 14.4 Å². The molecule has 0 unspecified atom stereocenters. The fourth-order valence-electron chi connectivity index (χ4n) is 3.48. The van der Waals surface area contributed by atoms with Crippen LogP contribution in [-0.2, 0) is 12.7 Å². The zero-order valence-electron chi connectivity index (χ0n) is 17.7. The molecule has 0 atom stereocenters. The molecule has 0 saturated heterocycles. The predicted octanol–water partition coefficient (Wildman–Crippen LogP) is 4.76. The number of hydrogen-bond donors (Lipinski definition) is 0. The van der Waals surface area contributed by atoms with Crippen LogP contribution in [-0.4, -0.2) is 25.9 Å². The zero-order chi connectivity index (χ0) is 24.6. The Morgan fingerprint density at radius 3 is 2.43 bits per heavy atom. The minimum atomic E-state index is -4.52. The van der Waals surface area contributed by atoms with Crippen LogP contribution in [0.1, 0.15) is 20.9 Å². The zero-order valence-corrected chi connectivity index (χ0v) is 18.5. The number of nitrogens with zero attached hydrogens (tertiary/aromatic N) is 4. The van der Waals surface area contributed by atoms with Crippen LogP contribution in [0.25, 0.3) is 33.3 Å². The van der Waals surface area contributed by atoms with Gasteiger partial charge in [-0.15, -0.1) is 11.3 Å². The molecule has 0 aliphatic heterocycles. The summed E-state index contributed by atoms with van der Waals surface area (Å²) < 4.78 is 47.8. The van der Waals surface area contributed by atoms with Crippen LogP contribution in [0.4, 0.5) is 13.2 Å². The fourth-order valence-corrected chi connectivity index (χ4v) is 4.45. The Hall–Kier alpha value is -4.25. The summed E-state index contributed by atoms with van der Waals surface area (Å²) in [6.07, 6.45) is -2.99. The normalized spacial score (nSPS) is 11.6. The highest BCUT2D eigenvalue weighted by Crippen LogP contribution is 2.45. The van der Waals surface area contributed by atoms with E-state index < -0.39 is 17.0 Å². The van der Waals surface area contributed by atoms with E-state index >= 15 is 0 Å². The van der Waals surface area contributed by atoms with Crippen molar-refractivity contribution < 1.29 is 27.6 Å². The number of rotatable bonds is 6. The molecule has 176 valence electrons. The fraction of sp³-hybridized carbons (Fsp3) is 0.0833. The van der Waals surface area contributed by atoms with Gasteiger partial charge in [-0.3, -0.25) is 4.68 Å². The molecule has 3 aromatic heterocycles. The molecule has 0 N–H and O–H groups in total. The van der Waals surface area contributed by atoms with Crippen molar-refractivity contribution in [2.75, 3.05) is 0 Å². The van der Waals surface area contributed by atoms with Crippen LogP contribution in [0.15, 0.2) is 77.4 Å². The lowest BCUT2D eigenvalue weighted by molar-refractivity contribution is -0.255. The Morgan fingerprint density at radius 1 is 1.03 bits per heavy atom. The SMILES string of the molecule is O=C([O-])c1ccn(Cc2ccc(-c3noc(-c4cc(-c5ccccc5)c(C(F)(F)F)s4)n3)cc2)n1. The van der Waals surface area contributed by atoms with Gasteiger partial charge in [0.1, 0.15) is 10.6 Å². The van der Waals surface area contributed by atoms with E-state index in [1.807, 2.05) is 0 Å². The summed E-state index contributed by atoms with van der Waals surface area (Å²) in [7, 11) is 0. The number of carbonyl (C=O) groups excluding carboxylic acids is 1. The summed E-state index contributed by atoms with van der Waals surface area (Å²) >= 11 is 0.553. The van der Waals surface area contributed by atoms with Crippen LogP contribution >= 0.6 is 11.3 Å². The number of carboxylic acid groups (broad SMARTS) is 1. The van der Waals surface area contributed by atoms with Crippen molar-refractivity contribution in [3.63, 3.8) is 0 Å². The number of carbonyl (C=O) groups is 1. The van der Waals surface area contributed by atoms with Gasteiger partial charge in [-0.25, -0.2) is 0 Å². The van der Waals surface area contributed by atoms with Gasteiger partial charge >= 0.3 is 6.18 Å². The average Bonchev–Trinajstić information content (AvgIpc) is 3.59. The first-order chi connectivity index (χ1) is 16.8. The molecule has 0 fully saturated rings. The Bertz CT molecular complexity index is 1490. The third-order valence-electron chi connectivity index (χ3n) is 5.12. The van der Waals surface area contributed by atoms with Gasteiger partial charge in [0, 0.05) is 17.3 Å². The predicted molar refractivity (Wildman–Crippen MR) is 119 cm³/mol. The Labute approximate surface area is 200 Å². The molecular weight excluding hydrogens is 481 g/mol. The van der Waals surface area contributed by atoms with E-state index in [0.717, 1.165) is 5.56 Å². The monoisotopic (exact) mass is 495 g/mol. The maximum atomic E-state index is 13.7.